The minimum absolute atomic E-state index is 0.0555. The molecule has 1 spiro atoms. The van der Waals surface area contributed by atoms with Gasteiger partial charge in [0, 0.05) is 24.4 Å². The molecule has 0 radical (unpaired) electrons. The second-order valence-electron chi connectivity index (χ2n) is 6.67. The molecule has 0 heterocycles. The van der Waals surface area contributed by atoms with Gasteiger partial charge >= 0.3 is 6.18 Å². The van der Waals surface area contributed by atoms with Crippen molar-refractivity contribution < 1.29 is 18.0 Å². The van der Waals surface area contributed by atoms with E-state index in [4.69, 9.17) is 5.26 Å². The van der Waals surface area contributed by atoms with E-state index in [1.54, 1.807) is 0 Å². The molecule has 1 fully saturated rings. The minimum Gasteiger partial charge on any atom is -0.341 e. The Morgan fingerprint density at radius 1 is 1.33 bits per heavy atom. The number of benzene rings is 1. The van der Waals surface area contributed by atoms with E-state index in [-0.39, 0.29) is 36.8 Å². The number of amides is 1. The Hall–Kier alpha value is -2.03. The maximum absolute atomic E-state index is 12.7. The average molecular weight is 336 g/mol. The number of halogens is 3. The molecule has 2 atom stereocenters. The Morgan fingerprint density at radius 2 is 2.08 bits per heavy atom. The van der Waals surface area contributed by atoms with Gasteiger partial charge in [-0.15, -0.1) is 0 Å². The van der Waals surface area contributed by atoms with Gasteiger partial charge in [0.05, 0.1) is 18.9 Å². The SMILES string of the molecule is N#CCCN(CCC(F)(F)F)C(=O)C1CC12CCc1ccccc12. The van der Waals surface area contributed by atoms with Crippen LogP contribution in [-0.4, -0.2) is 30.1 Å². The second kappa shape index (κ2) is 6.12. The standard InChI is InChI=1S/C18H19F3N2O/c19-18(20,21)8-11-23(10-3-9-22)16(24)15-12-17(15)7-6-13-4-1-2-5-14(13)17/h1-2,4-5,15H,3,6-8,10-12H2. The number of aryl methyl sites for hydroxylation is 1. The van der Waals surface area contributed by atoms with Crippen molar-refractivity contribution >= 4 is 5.91 Å². The molecule has 1 saturated carbocycles. The number of hydrogen-bond acceptors (Lipinski definition) is 2. The number of nitrogens with zero attached hydrogens (tertiary/aromatic N) is 2. The molecule has 0 saturated heterocycles. The van der Waals surface area contributed by atoms with E-state index < -0.39 is 12.6 Å². The molecular weight excluding hydrogens is 317 g/mol. The van der Waals surface area contributed by atoms with Crippen LogP contribution in [0.2, 0.25) is 0 Å². The number of nitriles is 1. The third kappa shape index (κ3) is 3.12. The zero-order valence-corrected chi connectivity index (χ0v) is 13.3. The molecule has 1 aromatic rings. The minimum atomic E-state index is -4.30. The van der Waals surface area contributed by atoms with Gasteiger partial charge in [0.2, 0.25) is 5.91 Å². The van der Waals surface area contributed by atoms with Crippen molar-refractivity contribution in [1.82, 2.24) is 4.90 Å². The summed E-state index contributed by atoms with van der Waals surface area (Å²) in [7, 11) is 0. The molecule has 2 unspecified atom stereocenters. The molecule has 0 N–H and O–H groups in total. The van der Waals surface area contributed by atoms with Crippen molar-refractivity contribution in [3.8, 4) is 6.07 Å². The topological polar surface area (TPSA) is 44.1 Å². The lowest BCUT2D eigenvalue weighted by atomic mass is 9.95. The summed E-state index contributed by atoms with van der Waals surface area (Å²) in [6, 6.07) is 9.92. The van der Waals surface area contributed by atoms with Crippen molar-refractivity contribution in [3.05, 3.63) is 35.4 Å². The maximum atomic E-state index is 12.7. The third-order valence-electron chi connectivity index (χ3n) is 5.24. The summed E-state index contributed by atoms with van der Waals surface area (Å²) in [4.78, 5) is 14.0. The van der Waals surface area contributed by atoms with E-state index in [1.807, 2.05) is 24.3 Å². The number of fused-ring (bicyclic) bond motifs is 2. The fourth-order valence-corrected chi connectivity index (χ4v) is 3.92. The summed E-state index contributed by atoms with van der Waals surface area (Å²) in [6.45, 7) is -0.294. The van der Waals surface area contributed by atoms with Crippen molar-refractivity contribution in [3.63, 3.8) is 0 Å². The molecule has 128 valence electrons. The van der Waals surface area contributed by atoms with Crippen LogP contribution in [-0.2, 0) is 16.6 Å². The highest BCUT2D eigenvalue weighted by atomic mass is 19.4. The second-order valence-corrected chi connectivity index (χ2v) is 6.67. The highest BCUT2D eigenvalue weighted by molar-refractivity contribution is 5.85. The van der Waals surface area contributed by atoms with Gasteiger partial charge in [-0.05, 0) is 30.4 Å². The van der Waals surface area contributed by atoms with E-state index in [2.05, 4.69) is 6.07 Å². The molecule has 2 aliphatic rings. The highest BCUT2D eigenvalue weighted by Gasteiger charge is 2.62. The Labute approximate surface area is 139 Å². The fraction of sp³-hybridized carbons (Fsp3) is 0.556. The van der Waals surface area contributed by atoms with Gasteiger partial charge in [-0.3, -0.25) is 4.79 Å². The molecule has 3 nitrogen and oxygen atoms in total. The normalized spacial score (nSPS) is 24.5. The van der Waals surface area contributed by atoms with Crippen molar-refractivity contribution in [2.45, 2.75) is 43.7 Å². The Bertz CT molecular complexity index is 680. The monoisotopic (exact) mass is 336 g/mol. The van der Waals surface area contributed by atoms with E-state index in [0.717, 1.165) is 12.8 Å². The van der Waals surface area contributed by atoms with Crippen LogP contribution in [0, 0.1) is 17.2 Å². The molecule has 24 heavy (non-hydrogen) atoms. The summed E-state index contributed by atoms with van der Waals surface area (Å²) in [5, 5.41) is 8.70. The zero-order valence-electron chi connectivity index (χ0n) is 13.3. The molecule has 0 aromatic heterocycles. The van der Waals surface area contributed by atoms with Crippen LogP contribution in [0.15, 0.2) is 24.3 Å². The van der Waals surface area contributed by atoms with Crippen LogP contribution >= 0.6 is 0 Å². The van der Waals surface area contributed by atoms with E-state index >= 15 is 0 Å². The molecule has 1 aromatic carbocycles. The highest BCUT2D eigenvalue weighted by Crippen LogP contribution is 2.62. The van der Waals surface area contributed by atoms with E-state index in [1.165, 1.54) is 16.0 Å². The molecule has 6 heteroatoms. The fourth-order valence-electron chi connectivity index (χ4n) is 3.92. The maximum Gasteiger partial charge on any atom is 0.390 e. The van der Waals surface area contributed by atoms with Crippen LogP contribution < -0.4 is 0 Å². The van der Waals surface area contributed by atoms with Crippen molar-refractivity contribution in [1.29, 1.82) is 5.26 Å². The van der Waals surface area contributed by atoms with Crippen LogP contribution in [0.1, 0.15) is 36.8 Å². The quantitative estimate of drug-likeness (QED) is 0.825. The van der Waals surface area contributed by atoms with Crippen LogP contribution in [0.5, 0.6) is 0 Å². The van der Waals surface area contributed by atoms with Gasteiger partial charge in [0.15, 0.2) is 0 Å². The smallest absolute Gasteiger partial charge is 0.341 e. The summed E-state index contributed by atoms with van der Waals surface area (Å²) in [6.07, 6.45) is -2.76. The summed E-state index contributed by atoms with van der Waals surface area (Å²) >= 11 is 0. The largest absolute Gasteiger partial charge is 0.390 e. The Kier molecular flexibility index (Phi) is 4.29. The first kappa shape index (κ1) is 16.8. The van der Waals surface area contributed by atoms with Crippen LogP contribution in [0.3, 0.4) is 0 Å². The van der Waals surface area contributed by atoms with Gasteiger partial charge in [-0.2, -0.15) is 18.4 Å². The lowest BCUT2D eigenvalue weighted by Gasteiger charge is -2.24. The third-order valence-corrected chi connectivity index (χ3v) is 5.24. The summed E-state index contributed by atoms with van der Waals surface area (Å²) < 4.78 is 37.5. The number of hydrogen-bond donors (Lipinski definition) is 0. The van der Waals surface area contributed by atoms with E-state index in [0.29, 0.717) is 6.42 Å². The van der Waals surface area contributed by atoms with Gasteiger partial charge < -0.3 is 4.90 Å². The number of rotatable bonds is 5. The predicted octanol–water partition coefficient (Wildman–Crippen LogP) is 3.59. The first-order valence-electron chi connectivity index (χ1n) is 8.18. The van der Waals surface area contributed by atoms with Gasteiger partial charge in [-0.1, -0.05) is 24.3 Å². The molecule has 2 aliphatic carbocycles. The van der Waals surface area contributed by atoms with Crippen molar-refractivity contribution in [2.24, 2.45) is 5.92 Å². The van der Waals surface area contributed by atoms with Gasteiger partial charge in [-0.25, -0.2) is 0 Å². The summed E-state index contributed by atoms with van der Waals surface area (Å²) in [5.74, 6) is -0.473. The average Bonchev–Trinajstić information content (AvgIpc) is 3.15. The number of carbonyl (C=O) groups excluding carboxylic acids is 1. The molecule has 0 aliphatic heterocycles. The molecule has 3 rings (SSSR count). The number of alkyl halides is 3. The van der Waals surface area contributed by atoms with Crippen LogP contribution in [0.25, 0.3) is 0 Å². The van der Waals surface area contributed by atoms with Gasteiger partial charge in [0.25, 0.3) is 0 Å². The predicted molar refractivity (Wildman–Crippen MR) is 82.0 cm³/mol. The van der Waals surface area contributed by atoms with Gasteiger partial charge in [0.1, 0.15) is 0 Å². The Morgan fingerprint density at radius 3 is 2.79 bits per heavy atom. The summed E-state index contributed by atoms with van der Waals surface area (Å²) in [5.41, 5.74) is 2.24. The van der Waals surface area contributed by atoms with E-state index in [9.17, 15) is 18.0 Å². The lowest BCUT2D eigenvalue weighted by Crippen LogP contribution is -2.37. The Balaban J connectivity index is 1.72. The van der Waals surface area contributed by atoms with Crippen LogP contribution in [0.4, 0.5) is 13.2 Å². The number of carbonyl (C=O) groups is 1. The lowest BCUT2D eigenvalue weighted by molar-refractivity contribution is -0.146. The zero-order chi connectivity index (χ0) is 17.4. The first-order chi connectivity index (χ1) is 11.4. The first-order valence-corrected chi connectivity index (χ1v) is 8.18. The molecule has 1 amide bonds. The van der Waals surface area contributed by atoms with Crippen molar-refractivity contribution in [2.75, 3.05) is 13.1 Å². The molecule has 0 bridgehead atoms. The molecular formula is C18H19F3N2O.